The molecule has 0 saturated carbocycles. The highest BCUT2D eigenvalue weighted by atomic mass is 16.4. The van der Waals surface area contributed by atoms with Crippen LogP contribution in [0.15, 0.2) is 12.3 Å². The Morgan fingerprint density at radius 2 is 2.05 bits per heavy atom. The van der Waals surface area contributed by atoms with E-state index in [1.165, 1.54) is 12.3 Å². The average molecular weight is 264 g/mol. The number of rotatable bonds is 4. The van der Waals surface area contributed by atoms with Crippen molar-refractivity contribution in [1.82, 2.24) is 15.1 Å². The van der Waals surface area contributed by atoms with Crippen molar-refractivity contribution in [3.8, 4) is 0 Å². The molecule has 0 aliphatic carbocycles. The molecule has 0 amide bonds. The third-order valence-electron chi connectivity index (χ3n) is 3.23. The first-order valence-corrected chi connectivity index (χ1v) is 6.60. The summed E-state index contributed by atoms with van der Waals surface area (Å²) in [7, 11) is 0. The fourth-order valence-electron chi connectivity index (χ4n) is 2.38. The van der Waals surface area contributed by atoms with Crippen LogP contribution in [0.25, 0.3) is 0 Å². The van der Waals surface area contributed by atoms with Crippen molar-refractivity contribution in [1.29, 1.82) is 0 Å². The van der Waals surface area contributed by atoms with Gasteiger partial charge in [0.2, 0.25) is 0 Å². The molecule has 0 bridgehead atoms. The van der Waals surface area contributed by atoms with Crippen LogP contribution in [0.4, 0.5) is 5.82 Å². The maximum Gasteiger partial charge on any atom is 0.339 e. The van der Waals surface area contributed by atoms with E-state index in [0.717, 1.165) is 32.7 Å². The molecule has 0 aromatic carbocycles. The van der Waals surface area contributed by atoms with Gasteiger partial charge in [0.15, 0.2) is 5.82 Å². The van der Waals surface area contributed by atoms with Gasteiger partial charge >= 0.3 is 5.97 Å². The van der Waals surface area contributed by atoms with Crippen molar-refractivity contribution in [2.24, 2.45) is 5.92 Å². The largest absolute Gasteiger partial charge is 0.478 e. The van der Waals surface area contributed by atoms with E-state index in [0.29, 0.717) is 11.7 Å². The Bertz CT molecular complexity index is 442. The molecule has 1 N–H and O–H groups in total. The molecule has 1 aromatic rings. The average Bonchev–Trinajstić information content (AvgIpc) is 2.39. The Labute approximate surface area is 113 Å². The van der Waals surface area contributed by atoms with Crippen molar-refractivity contribution in [2.45, 2.75) is 13.8 Å². The molecule has 1 aromatic heterocycles. The molecule has 2 rings (SSSR count). The SMILES string of the molecule is CC(C)CN1CCN(c2nnccc2C(=O)O)CC1. The van der Waals surface area contributed by atoms with Crippen molar-refractivity contribution >= 4 is 11.8 Å². The number of aromatic nitrogens is 2. The molecule has 0 spiro atoms. The van der Waals surface area contributed by atoms with Gasteiger partial charge in [-0.25, -0.2) is 4.79 Å². The van der Waals surface area contributed by atoms with Crippen molar-refractivity contribution in [3.63, 3.8) is 0 Å². The molecule has 19 heavy (non-hydrogen) atoms. The molecule has 104 valence electrons. The number of piperazine rings is 1. The first-order valence-electron chi connectivity index (χ1n) is 6.60. The third-order valence-corrected chi connectivity index (χ3v) is 3.23. The van der Waals surface area contributed by atoms with E-state index in [2.05, 4.69) is 28.9 Å². The quantitative estimate of drug-likeness (QED) is 0.873. The van der Waals surface area contributed by atoms with E-state index in [1.807, 2.05) is 4.90 Å². The van der Waals surface area contributed by atoms with Gasteiger partial charge in [0.05, 0.1) is 6.20 Å². The van der Waals surface area contributed by atoms with Crippen LogP contribution in [-0.4, -0.2) is 58.9 Å². The van der Waals surface area contributed by atoms with Crippen LogP contribution < -0.4 is 4.90 Å². The number of aromatic carboxylic acids is 1. The van der Waals surface area contributed by atoms with Crippen LogP contribution in [0.2, 0.25) is 0 Å². The van der Waals surface area contributed by atoms with E-state index < -0.39 is 5.97 Å². The van der Waals surface area contributed by atoms with E-state index in [9.17, 15) is 4.79 Å². The predicted octanol–water partition coefficient (Wildman–Crippen LogP) is 0.953. The number of anilines is 1. The Morgan fingerprint density at radius 3 is 2.63 bits per heavy atom. The molecule has 1 fully saturated rings. The second-order valence-electron chi connectivity index (χ2n) is 5.26. The smallest absolute Gasteiger partial charge is 0.339 e. The summed E-state index contributed by atoms with van der Waals surface area (Å²) in [5.74, 6) is 0.186. The van der Waals surface area contributed by atoms with Gasteiger partial charge in [-0.15, -0.1) is 5.10 Å². The first-order chi connectivity index (χ1) is 9.08. The van der Waals surface area contributed by atoms with Crippen molar-refractivity contribution in [3.05, 3.63) is 17.8 Å². The van der Waals surface area contributed by atoms with E-state index in [4.69, 9.17) is 5.11 Å². The molecule has 0 unspecified atom stereocenters. The summed E-state index contributed by atoms with van der Waals surface area (Å²) in [6, 6.07) is 1.51. The Balaban J connectivity index is 2.04. The Kier molecular flexibility index (Phi) is 4.31. The fraction of sp³-hybridized carbons (Fsp3) is 0.615. The highest BCUT2D eigenvalue weighted by Crippen LogP contribution is 2.18. The van der Waals surface area contributed by atoms with Crippen LogP contribution >= 0.6 is 0 Å². The Hall–Kier alpha value is -1.69. The summed E-state index contributed by atoms with van der Waals surface area (Å²) < 4.78 is 0. The van der Waals surface area contributed by atoms with Gasteiger partial charge in [-0.1, -0.05) is 13.8 Å². The molecule has 6 nitrogen and oxygen atoms in total. The van der Waals surface area contributed by atoms with Crippen LogP contribution in [0.3, 0.4) is 0 Å². The molecular weight excluding hydrogens is 244 g/mol. The van der Waals surface area contributed by atoms with Gasteiger partial charge in [-0.3, -0.25) is 4.90 Å². The number of carboxylic acids is 1. The summed E-state index contributed by atoms with van der Waals surface area (Å²) in [5.41, 5.74) is 0.229. The second kappa shape index (κ2) is 5.97. The van der Waals surface area contributed by atoms with E-state index >= 15 is 0 Å². The predicted molar refractivity (Wildman–Crippen MR) is 72.5 cm³/mol. The van der Waals surface area contributed by atoms with Crippen LogP contribution in [-0.2, 0) is 0 Å². The number of carboxylic acid groups (broad SMARTS) is 1. The van der Waals surface area contributed by atoms with Gasteiger partial charge in [0.25, 0.3) is 0 Å². The standard InChI is InChI=1S/C13H20N4O2/c1-10(2)9-16-5-7-17(8-6-16)12-11(13(18)19)3-4-14-15-12/h3-4,10H,5-9H2,1-2H3,(H,18,19). The van der Waals surface area contributed by atoms with Gasteiger partial charge in [0.1, 0.15) is 5.56 Å². The number of carbonyl (C=O) groups is 1. The lowest BCUT2D eigenvalue weighted by Crippen LogP contribution is -2.48. The maximum atomic E-state index is 11.2. The maximum absolute atomic E-state index is 11.2. The number of hydrogen-bond acceptors (Lipinski definition) is 5. The lowest BCUT2D eigenvalue weighted by atomic mass is 10.2. The summed E-state index contributed by atoms with van der Waals surface area (Å²) in [6.07, 6.45) is 1.42. The van der Waals surface area contributed by atoms with E-state index in [-0.39, 0.29) is 5.56 Å². The zero-order chi connectivity index (χ0) is 13.8. The number of nitrogens with zero attached hydrogens (tertiary/aromatic N) is 4. The molecule has 1 aliphatic heterocycles. The lowest BCUT2D eigenvalue weighted by molar-refractivity contribution is 0.0696. The second-order valence-corrected chi connectivity index (χ2v) is 5.26. The normalized spacial score (nSPS) is 16.9. The summed E-state index contributed by atoms with van der Waals surface area (Å²) in [6.45, 7) is 8.97. The van der Waals surface area contributed by atoms with Crippen LogP contribution in [0.1, 0.15) is 24.2 Å². The highest BCUT2D eigenvalue weighted by molar-refractivity contribution is 5.93. The number of hydrogen-bond donors (Lipinski definition) is 1. The lowest BCUT2D eigenvalue weighted by Gasteiger charge is -2.36. The molecule has 0 atom stereocenters. The van der Waals surface area contributed by atoms with Gasteiger partial charge < -0.3 is 10.0 Å². The first kappa shape index (κ1) is 13.7. The highest BCUT2D eigenvalue weighted by Gasteiger charge is 2.22. The van der Waals surface area contributed by atoms with Crippen molar-refractivity contribution in [2.75, 3.05) is 37.6 Å². The van der Waals surface area contributed by atoms with Crippen LogP contribution in [0.5, 0.6) is 0 Å². The summed E-state index contributed by atoms with van der Waals surface area (Å²) >= 11 is 0. The van der Waals surface area contributed by atoms with Gasteiger partial charge in [-0.05, 0) is 12.0 Å². The van der Waals surface area contributed by atoms with Crippen molar-refractivity contribution < 1.29 is 9.90 Å². The zero-order valence-electron chi connectivity index (χ0n) is 11.4. The van der Waals surface area contributed by atoms with Crippen LogP contribution in [0, 0.1) is 5.92 Å². The fourth-order valence-corrected chi connectivity index (χ4v) is 2.38. The molecule has 6 heteroatoms. The van der Waals surface area contributed by atoms with Gasteiger partial charge in [0, 0.05) is 32.7 Å². The summed E-state index contributed by atoms with van der Waals surface area (Å²) in [5, 5.41) is 17.0. The summed E-state index contributed by atoms with van der Waals surface area (Å²) in [4.78, 5) is 15.6. The zero-order valence-corrected chi connectivity index (χ0v) is 11.4. The molecule has 0 radical (unpaired) electrons. The topological polar surface area (TPSA) is 69.6 Å². The van der Waals surface area contributed by atoms with Gasteiger partial charge in [-0.2, -0.15) is 5.10 Å². The third kappa shape index (κ3) is 3.41. The molecular formula is C13H20N4O2. The molecule has 1 saturated heterocycles. The molecule has 1 aliphatic rings. The minimum Gasteiger partial charge on any atom is -0.478 e. The minimum absolute atomic E-state index is 0.229. The monoisotopic (exact) mass is 264 g/mol. The minimum atomic E-state index is -0.950. The molecule has 2 heterocycles. The van der Waals surface area contributed by atoms with E-state index in [1.54, 1.807) is 0 Å². The Morgan fingerprint density at radius 1 is 1.37 bits per heavy atom.